The van der Waals surface area contributed by atoms with Crippen LogP contribution in [0.15, 0.2) is 4.47 Å². The third kappa shape index (κ3) is 3.12. The van der Waals surface area contributed by atoms with Crippen molar-refractivity contribution in [2.45, 2.75) is 38.6 Å². The molecule has 0 aliphatic heterocycles. The highest BCUT2D eigenvalue weighted by molar-refractivity contribution is 9.10. The quantitative estimate of drug-likeness (QED) is 0.810. The minimum atomic E-state index is -1.12. The fourth-order valence-electron chi connectivity index (χ4n) is 2.04. The molecule has 1 N–H and O–H groups in total. The summed E-state index contributed by atoms with van der Waals surface area (Å²) < 4.78 is 13.0. The van der Waals surface area contributed by atoms with Crippen molar-refractivity contribution in [3.8, 4) is 0 Å². The van der Waals surface area contributed by atoms with E-state index in [1.54, 1.807) is 11.6 Å². The first kappa shape index (κ1) is 15.6. The number of nitrogens with zero attached hydrogens (tertiary/aromatic N) is 2. The second kappa shape index (κ2) is 6.14. The number of halogens is 1. The summed E-state index contributed by atoms with van der Waals surface area (Å²) in [5.41, 5.74) is 0.788. The molecule has 0 aliphatic rings. The largest absolute Gasteiger partial charge is 0.384 e. The second-order valence-corrected chi connectivity index (χ2v) is 5.31. The SMILES string of the molecule is CCc1nn(C)c(CC(C)(O)C(OC)OC)c1Br. The highest BCUT2D eigenvalue weighted by Gasteiger charge is 2.34. The number of rotatable bonds is 6. The maximum absolute atomic E-state index is 10.4. The topological polar surface area (TPSA) is 56.5 Å². The van der Waals surface area contributed by atoms with Crippen LogP contribution in [0.3, 0.4) is 0 Å². The summed E-state index contributed by atoms with van der Waals surface area (Å²) in [6, 6.07) is 0. The van der Waals surface area contributed by atoms with Crippen molar-refractivity contribution in [3.63, 3.8) is 0 Å². The lowest BCUT2D eigenvalue weighted by Gasteiger charge is -2.30. The molecule has 5 nitrogen and oxygen atoms in total. The average molecular weight is 321 g/mol. The Morgan fingerprint density at radius 1 is 1.44 bits per heavy atom. The van der Waals surface area contributed by atoms with Gasteiger partial charge in [-0.3, -0.25) is 4.68 Å². The van der Waals surface area contributed by atoms with E-state index in [0.717, 1.165) is 22.3 Å². The Labute approximate surface area is 116 Å². The van der Waals surface area contributed by atoms with Gasteiger partial charge in [0.15, 0.2) is 6.29 Å². The van der Waals surface area contributed by atoms with Gasteiger partial charge in [-0.2, -0.15) is 5.10 Å². The molecule has 1 heterocycles. The van der Waals surface area contributed by atoms with E-state index in [1.807, 2.05) is 14.0 Å². The zero-order valence-corrected chi connectivity index (χ0v) is 13.1. The molecule has 6 heteroatoms. The molecule has 0 saturated heterocycles. The van der Waals surface area contributed by atoms with Gasteiger partial charge in [-0.25, -0.2) is 0 Å². The van der Waals surface area contributed by atoms with Gasteiger partial charge in [0.2, 0.25) is 0 Å². The molecular formula is C12H21BrN2O3. The van der Waals surface area contributed by atoms with Gasteiger partial charge in [0.1, 0.15) is 5.60 Å². The summed E-state index contributed by atoms with van der Waals surface area (Å²) >= 11 is 3.53. The smallest absolute Gasteiger partial charge is 0.185 e. The summed E-state index contributed by atoms with van der Waals surface area (Å²) in [5.74, 6) is 0. The van der Waals surface area contributed by atoms with Crippen LogP contribution in [0, 0.1) is 0 Å². The van der Waals surface area contributed by atoms with Crippen molar-refractivity contribution in [3.05, 3.63) is 15.9 Å². The molecule has 18 heavy (non-hydrogen) atoms. The molecule has 104 valence electrons. The molecule has 0 amide bonds. The zero-order chi connectivity index (χ0) is 13.9. The Morgan fingerprint density at radius 2 is 2.00 bits per heavy atom. The lowest BCUT2D eigenvalue weighted by atomic mass is 9.99. The molecular weight excluding hydrogens is 300 g/mol. The molecule has 0 bridgehead atoms. The summed E-state index contributed by atoms with van der Waals surface area (Å²) in [4.78, 5) is 0. The minimum Gasteiger partial charge on any atom is -0.384 e. The van der Waals surface area contributed by atoms with Gasteiger partial charge >= 0.3 is 0 Å². The van der Waals surface area contributed by atoms with Gasteiger partial charge in [-0.1, -0.05) is 6.92 Å². The van der Waals surface area contributed by atoms with Crippen LogP contribution in [0.4, 0.5) is 0 Å². The number of methoxy groups -OCH3 is 2. The number of ether oxygens (including phenoxy) is 2. The Morgan fingerprint density at radius 3 is 2.39 bits per heavy atom. The summed E-state index contributed by atoms with van der Waals surface area (Å²) in [7, 11) is 4.89. The number of aromatic nitrogens is 2. The van der Waals surface area contributed by atoms with Gasteiger partial charge in [-0.05, 0) is 29.3 Å². The first-order chi connectivity index (χ1) is 8.37. The molecule has 1 atom stereocenters. The summed E-state index contributed by atoms with van der Waals surface area (Å²) in [6.45, 7) is 3.73. The van der Waals surface area contributed by atoms with E-state index >= 15 is 0 Å². The van der Waals surface area contributed by atoms with Crippen molar-refractivity contribution in [2.24, 2.45) is 7.05 Å². The second-order valence-electron chi connectivity index (χ2n) is 4.52. The maximum Gasteiger partial charge on any atom is 0.185 e. The van der Waals surface area contributed by atoms with E-state index in [9.17, 15) is 5.11 Å². The van der Waals surface area contributed by atoms with E-state index in [4.69, 9.17) is 9.47 Å². The van der Waals surface area contributed by atoms with Crippen molar-refractivity contribution in [1.82, 2.24) is 9.78 Å². The van der Waals surface area contributed by atoms with Crippen LogP contribution in [0.25, 0.3) is 0 Å². The predicted molar refractivity (Wildman–Crippen MR) is 72.4 cm³/mol. The van der Waals surface area contributed by atoms with Crippen LogP contribution < -0.4 is 0 Å². The molecule has 1 unspecified atom stereocenters. The van der Waals surface area contributed by atoms with Crippen LogP contribution in [0.1, 0.15) is 25.2 Å². The average Bonchev–Trinajstić information content (AvgIpc) is 2.57. The third-order valence-electron chi connectivity index (χ3n) is 2.96. The van der Waals surface area contributed by atoms with Crippen molar-refractivity contribution in [1.29, 1.82) is 0 Å². The third-order valence-corrected chi connectivity index (χ3v) is 3.88. The lowest BCUT2D eigenvalue weighted by molar-refractivity contribution is -0.207. The van der Waals surface area contributed by atoms with Crippen molar-refractivity contribution >= 4 is 15.9 Å². The van der Waals surface area contributed by atoms with Gasteiger partial charge in [-0.15, -0.1) is 0 Å². The highest BCUT2D eigenvalue weighted by Crippen LogP contribution is 2.27. The molecule has 1 rings (SSSR count). The summed E-state index contributed by atoms with van der Waals surface area (Å²) in [6.07, 6.45) is 0.558. The van der Waals surface area contributed by atoms with Gasteiger partial charge in [0, 0.05) is 27.7 Å². The lowest BCUT2D eigenvalue weighted by Crippen LogP contribution is -2.44. The first-order valence-electron chi connectivity index (χ1n) is 5.85. The first-order valence-corrected chi connectivity index (χ1v) is 6.64. The van der Waals surface area contributed by atoms with E-state index in [2.05, 4.69) is 21.0 Å². The summed E-state index contributed by atoms with van der Waals surface area (Å²) in [5, 5.41) is 14.8. The Bertz CT molecular complexity index is 400. The van der Waals surface area contributed by atoms with Gasteiger partial charge in [0.25, 0.3) is 0 Å². The zero-order valence-electron chi connectivity index (χ0n) is 11.5. The van der Waals surface area contributed by atoms with Crippen molar-refractivity contribution in [2.75, 3.05) is 14.2 Å². The predicted octanol–water partition coefficient (Wildman–Crippen LogP) is 1.66. The van der Waals surface area contributed by atoms with Crippen LogP contribution in [-0.4, -0.2) is 41.0 Å². The normalized spacial score (nSPS) is 15.1. The van der Waals surface area contributed by atoms with Crippen LogP contribution in [0.5, 0.6) is 0 Å². The van der Waals surface area contributed by atoms with Gasteiger partial charge in [0.05, 0.1) is 15.9 Å². The molecule has 1 aromatic heterocycles. The Kier molecular flexibility index (Phi) is 5.33. The fraction of sp³-hybridized carbons (Fsp3) is 0.750. The van der Waals surface area contributed by atoms with Gasteiger partial charge < -0.3 is 14.6 Å². The fourth-order valence-corrected chi connectivity index (χ4v) is 2.79. The molecule has 0 aliphatic carbocycles. The maximum atomic E-state index is 10.4. The molecule has 0 saturated carbocycles. The van der Waals surface area contributed by atoms with E-state index in [1.165, 1.54) is 14.2 Å². The Balaban J connectivity index is 3.00. The molecule has 0 spiro atoms. The van der Waals surface area contributed by atoms with E-state index in [0.29, 0.717) is 6.42 Å². The number of hydrogen-bond acceptors (Lipinski definition) is 4. The van der Waals surface area contributed by atoms with Crippen LogP contribution in [-0.2, 0) is 29.4 Å². The minimum absolute atomic E-state index is 0.392. The van der Waals surface area contributed by atoms with Crippen molar-refractivity contribution < 1.29 is 14.6 Å². The highest BCUT2D eigenvalue weighted by atomic mass is 79.9. The Hall–Kier alpha value is -0.430. The molecule has 1 aromatic rings. The number of aliphatic hydroxyl groups is 1. The molecule has 0 radical (unpaired) electrons. The van der Waals surface area contributed by atoms with E-state index in [-0.39, 0.29) is 0 Å². The van der Waals surface area contributed by atoms with E-state index < -0.39 is 11.9 Å². The van der Waals surface area contributed by atoms with Crippen LogP contribution in [0.2, 0.25) is 0 Å². The van der Waals surface area contributed by atoms with Crippen LogP contribution >= 0.6 is 15.9 Å². The molecule has 0 aromatic carbocycles. The number of hydrogen-bond donors (Lipinski definition) is 1. The number of aryl methyl sites for hydroxylation is 2. The monoisotopic (exact) mass is 320 g/mol. The molecule has 0 fully saturated rings. The standard InChI is InChI=1S/C12H21BrN2O3/c1-6-8-10(13)9(15(3)14-8)7-12(2,16)11(17-4)18-5/h11,16H,6-7H2,1-5H3.